The van der Waals surface area contributed by atoms with Crippen LogP contribution in [0.4, 0.5) is 4.39 Å². The Hall–Kier alpha value is -0.410. The molecular weight excluding hydrogens is 245 g/mol. The molecule has 3 heteroatoms. The molecule has 0 spiro atoms. The number of benzene rings is 1. The van der Waals surface area contributed by atoms with Gasteiger partial charge in [-0.2, -0.15) is 0 Å². The minimum absolute atomic E-state index is 0.145. The van der Waals surface area contributed by atoms with E-state index in [1.807, 2.05) is 27.0 Å². The summed E-state index contributed by atoms with van der Waals surface area (Å²) in [6.45, 7) is 4.79. The Bertz CT molecular complexity index is 323. The maximum Gasteiger partial charge on any atom is 0.127 e. The molecule has 0 aliphatic heterocycles. The third-order valence-electron chi connectivity index (χ3n) is 2.28. The molecule has 0 heterocycles. The summed E-state index contributed by atoms with van der Waals surface area (Å²) in [6, 6.07) is 5.05. The Balaban J connectivity index is 3.10. The molecule has 1 aromatic carbocycles. The second kappa shape index (κ2) is 4.41. The van der Waals surface area contributed by atoms with E-state index in [4.69, 9.17) is 0 Å². The Morgan fingerprint density at radius 2 is 2.07 bits per heavy atom. The number of rotatable bonds is 3. The van der Waals surface area contributed by atoms with Gasteiger partial charge in [-0.3, -0.25) is 0 Å². The summed E-state index contributed by atoms with van der Waals surface area (Å²) >= 11 is 3.35. The SMILES string of the molecule is CNCC(C)(C)c1cc(Br)ccc1F. The zero-order valence-corrected chi connectivity index (χ0v) is 10.3. The van der Waals surface area contributed by atoms with E-state index >= 15 is 0 Å². The fourth-order valence-electron chi connectivity index (χ4n) is 1.55. The van der Waals surface area contributed by atoms with E-state index in [9.17, 15) is 4.39 Å². The topological polar surface area (TPSA) is 12.0 Å². The summed E-state index contributed by atoms with van der Waals surface area (Å²) in [4.78, 5) is 0. The first-order valence-corrected chi connectivity index (χ1v) is 5.37. The highest BCUT2D eigenvalue weighted by Gasteiger charge is 2.23. The molecule has 1 nitrogen and oxygen atoms in total. The second-order valence-electron chi connectivity index (χ2n) is 4.04. The molecular formula is C11H15BrFN. The Morgan fingerprint density at radius 3 is 2.64 bits per heavy atom. The van der Waals surface area contributed by atoms with Gasteiger partial charge in [0.25, 0.3) is 0 Å². The van der Waals surface area contributed by atoms with Gasteiger partial charge in [0.2, 0.25) is 0 Å². The maximum atomic E-state index is 13.5. The maximum absolute atomic E-state index is 13.5. The third kappa shape index (κ3) is 2.55. The molecule has 0 aliphatic carbocycles. The van der Waals surface area contributed by atoms with E-state index in [0.29, 0.717) is 0 Å². The molecule has 0 fully saturated rings. The van der Waals surface area contributed by atoms with Gasteiger partial charge in [-0.25, -0.2) is 4.39 Å². The normalized spacial score (nSPS) is 11.8. The first-order valence-electron chi connectivity index (χ1n) is 4.57. The molecule has 0 bridgehead atoms. The smallest absolute Gasteiger partial charge is 0.127 e. The standard InChI is InChI=1S/C11H15BrFN/c1-11(2,7-14-3)9-6-8(12)4-5-10(9)13/h4-6,14H,7H2,1-3H3. The van der Waals surface area contributed by atoms with Crippen molar-refractivity contribution in [2.45, 2.75) is 19.3 Å². The van der Waals surface area contributed by atoms with Crippen molar-refractivity contribution in [1.82, 2.24) is 5.32 Å². The largest absolute Gasteiger partial charge is 0.319 e. The van der Waals surface area contributed by atoms with Gasteiger partial charge in [0.15, 0.2) is 0 Å². The summed E-state index contributed by atoms with van der Waals surface area (Å²) < 4.78 is 14.5. The number of likely N-dealkylation sites (N-methyl/N-ethyl adjacent to an activating group) is 1. The molecule has 0 atom stereocenters. The lowest BCUT2D eigenvalue weighted by molar-refractivity contribution is 0.462. The predicted octanol–water partition coefficient (Wildman–Crippen LogP) is 3.09. The molecule has 14 heavy (non-hydrogen) atoms. The molecule has 0 radical (unpaired) electrons. The molecule has 0 saturated carbocycles. The monoisotopic (exact) mass is 259 g/mol. The van der Waals surface area contributed by atoms with Crippen LogP contribution in [-0.2, 0) is 5.41 Å². The molecule has 1 aromatic rings. The zero-order valence-electron chi connectivity index (χ0n) is 8.70. The number of halogens is 2. The minimum Gasteiger partial charge on any atom is -0.319 e. The van der Waals surface area contributed by atoms with Crippen molar-refractivity contribution in [1.29, 1.82) is 0 Å². The van der Waals surface area contributed by atoms with Gasteiger partial charge in [-0.05, 0) is 30.8 Å². The summed E-state index contributed by atoms with van der Waals surface area (Å²) in [5, 5.41) is 3.07. The van der Waals surface area contributed by atoms with Crippen LogP contribution in [0, 0.1) is 5.82 Å². The Kier molecular flexibility index (Phi) is 3.67. The van der Waals surface area contributed by atoms with Crippen molar-refractivity contribution in [2.75, 3.05) is 13.6 Å². The minimum atomic E-state index is -0.192. The molecule has 0 saturated heterocycles. The van der Waals surface area contributed by atoms with Crippen molar-refractivity contribution in [3.05, 3.63) is 34.1 Å². The summed E-state index contributed by atoms with van der Waals surface area (Å²) in [6.07, 6.45) is 0. The average Bonchev–Trinajstić information content (AvgIpc) is 2.09. The third-order valence-corrected chi connectivity index (χ3v) is 2.77. The highest BCUT2D eigenvalue weighted by atomic mass is 79.9. The van der Waals surface area contributed by atoms with Crippen LogP contribution in [0.1, 0.15) is 19.4 Å². The lowest BCUT2D eigenvalue weighted by Gasteiger charge is -2.25. The fourth-order valence-corrected chi connectivity index (χ4v) is 1.91. The molecule has 1 rings (SSSR count). The molecule has 0 amide bonds. The molecule has 0 aliphatic rings. The van der Waals surface area contributed by atoms with E-state index in [1.54, 1.807) is 6.07 Å². The summed E-state index contributed by atoms with van der Waals surface area (Å²) in [5.74, 6) is -0.145. The fraction of sp³-hybridized carbons (Fsp3) is 0.455. The van der Waals surface area contributed by atoms with Crippen molar-refractivity contribution in [3.8, 4) is 0 Å². The van der Waals surface area contributed by atoms with E-state index in [0.717, 1.165) is 16.6 Å². The second-order valence-corrected chi connectivity index (χ2v) is 4.95. The van der Waals surface area contributed by atoms with Gasteiger partial charge < -0.3 is 5.32 Å². The quantitative estimate of drug-likeness (QED) is 0.880. The van der Waals surface area contributed by atoms with Crippen LogP contribution < -0.4 is 5.32 Å². The van der Waals surface area contributed by atoms with E-state index < -0.39 is 0 Å². The Morgan fingerprint density at radius 1 is 1.43 bits per heavy atom. The van der Waals surface area contributed by atoms with Crippen LogP contribution in [0.2, 0.25) is 0 Å². The highest BCUT2D eigenvalue weighted by Crippen LogP contribution is 2.27. The van der Waals surface area contributed by atoms with Crippen LogP contribution in [0.5, 0.6) is 0 Å². The van der Waals surface area contributed by atoms with Crippen LogP contribution >= 0.6 is 15.9 Å². The van der Waals surface area contributed by atoms with Crippen LogP contribution in [0.25, 0.3) is 0 Å². The number of nitrogens with one attached hydrogen (secondary N) is 1. The first kappa shape index (κ1) is 11.7. The number of hydrogen-bond donors (Lipinski definition) is 1. The van der Waals surface area contributed by atoms with Crippen molar-refractivity contribution >= 4 is 15.9 Å². The van der Waals surface area contributed by atoms with E-state index in [1.165, 1.54) is 6.07 Å². The molecule has 1 N–H and O–H groups in total. The molecule has 78 valence electrons. The van der Waals surface area contributed by atoms with Gasteiger partial charge in [-0.1, -0.05) is 29.8 Å². The zero-order chi connectivity index (χ0) is 10.8. The van der Waals surface area contributed by atoms with Crippen LogP contribution in [0.3, 0.4) is 0 Å². The summed E-state index contributed by atoms with van der Waals surface area (Å²) in [7, 11) is 1.87. The average molecular weight is 260 g/mol. The van der Waals surface area contributed by atoms with Gasteiger partial charge in [-0.15, -0.1) is 0 Å². The summed E-state index contributed by atoms with van der Waals surface area (Å²) in [5.41, 5.74) is 0.545. The van der Waals surface area contributed by atoms with Crippen molar-refractivity contribution in [3.63, 3.8) is 0 Å². The predicted molar refractivity (Wildman–Crippen MR) is 61.1 cm³/mol. The van der Waals surface area contributed by atoms with Gasteiger partial charge >= 0.3 is 0 Å². The van der Waals surface area contributed by atoms with Crippen molar-refractivity contribution in [2.24, 2.45) is 0 Å². The Labute approximate surface area is 92.8 Å². The van der Waals surface area contributed by atoms with Crippen LogP contribution in [0.15, 0.2) is 22.7 Å². The first-order chi connectivity index (χ1) is 6.47. The number of hydrogen-bond acceptors (Lipinski definition) is 1. The lowest BCUT2D eigenvalue weighted by atomic mass is 9.84. The lowest BCUT2D eigenvalue weighted by Crippen LogP contribution is -2.31. The van der Waals surface area contributed by atoms with Gasteiger partial charge in [0.05, 0.1) is 0 Å². The molecule has 0 aromatic heterocycles. The van der Waals surface area contributed by atoms with Crippen molar-refractivity contribution < 1.29 is 4.39 Å². The van der Waals surface area contributed by atoms with Crippen LogP contribution in [-0.4, -0.2) is 13.6 Å². The van der Waals surface area contributed by atoms with E-state index in [2.05, 4.69) is 21.2 Å². The van der Waals surface area contributed by atoms with E-state index in [-0.39, 0.29) is 11.2 Å². The van der Waals surface area contributed by atoms with Gasteiger partial charge in [0.1, 0.15) is 5.82 Å². The highest BCUT2D eigenvalue weighted by molar-refractivity contribution is 9.10. The van der Waals surface area contributed by atoms with Gasteiger partial charge in [0, 0.05) is 16.4 Å². The molecule has 0 unspecified atom stereocenters.